The largest absolute Gasteiger partial charge is 0.334 e. The van der Waals surface area contributed by atoms with Crippen molar-refractivity contribution in [3.8, 4) is 0 Å². The molecule has 2 rings (SSSR count). The third kappa shape index (κ3) is 3.08. The van der Waals surface area contributed by atoms with E-state index >= 15 is 0 Å². The molecule has 3 heteroatoms. The Kier molecular flexibility index (Phi) is 3.99. The second-order valence-electron chi connectivity index (χ2n) is 5.33. The Labute approximate surface area is 98.3 Å². The highest BCUT2D eigenvalue weighted by molar-refractivity contribution is 5.00. The average molecular weight is 221 g/mol. The van der Waals surface area contributed by atoms with Gasteiger partial charge in [0.1, 0.15) is 0 Å². The van der Waals surface area contributed by atoms with Gasteiger partial charge in [-0.15, -0.1) is 0 Å². The molecule has 1 N–H and O–H groups in total. The fraction of sp³-hybridized carbons (Fsp3) is 0.769. The zero-order valence-electron chi connectivity index (χ0n) is 10.4. The number of piperidine rings is 1. The van der Waals surface area contributed by atoms with Crippen LogP contribution in [0.3, 0.4) is 0 Å². The number of hydrogen-bond donors (Lipinski definition) is 1. The van der Waals surface area contributed by atoms with Gasteiger partial charge in [0.2, 0.25) is 0 Å². The molecule has 0 atom stereocenters. The molecule has 0 bridgehead atoms. The van der Waals surface area contributed by atoms with E-state index < -0.39 is 0 Å². The average Bonchev–Trinajstić information content (AvgIpc) is 2.66. The summed E-state index contributed by atoms with van der Waals surface area (Å²) < 4.78 is 2.33. The lowest BCUT2D eigenvalue weighted by Gasteiger charge is -2.23. The van der Waals surface area contributed by atoms with Crippen LogP contribution in [0.15, 0.2) is 12.5 Å². The van der Waals surface area contributed by atoms with Crippen molar-refractivity contribution in [3.05, 3.63) is 18.2 Å². The summed E-state index contributed by atoms with van der Waals surface area (Å²) in [7, 11) is 0. The molecule has 0 aliphatic carbocycles. The van der Waals surface area contributed by atoms with E-state index in [9.17, 15) is 0 Å². The fourth-order valence-corrected chi connectivity index (χ4v) is 2.46. The van der Waals surface area contributed by atoms with Crippen LogP contribution in [0.5, 0.6) is 0 Å². The number of rotatable bonds is 4. The molecule has 1 aromatic heterocycles. The summed E-state index contributed by atoms with van der Waals surface area (Å²) in [6.45, 7) is 7.98. The number of imidazole rings is 1. The van der Waals surface area contributed by atoms with Crippen molar-refractivity contribution in [2.75, 3.05) is 13.1 Å². The summed E-state index contributed by atoms with van der Waals surface area (Å²) >= 11 is 0. The van der Waals surface area contributed by atoms with Crippen LogP contribution < -0.4 is 5.32 Å². The van der Waals surface area contributed by atoms with Gasteiger partial charge in [0.15, 0.2) is 0 Å². The summed E-state index contributed by atoms with van der Waals surface area (Å²) in [5, 5.41) is 3.42. The maximum Gasteiger partial charge on any atom is 0.0948 e. The van der Waals surface area contributed by atoms with E-state index in [-0.39, 0.29) is 0 Å². The van der Waals surface area contributed by atoms with Crippen molar-refractivity contribution in [1.82, 2.24) is 14.9 Å². The first-order valence-electron chi connectivity index (χ1n) is 6.45. The summed E-state index contributed by atoms with van der Waals surface area (Å²) in [6, 6.07) is 0. The van der Waals surface area contributed by atoms with Gasteiger partial charge in [0, 0.05) is 18.4 Å². The number of aromatic nitrogens is 2. The molecule has 1 aliphatic rings. The molecule has 16 heavy (non-hydrogen) atoms. The number of nitrogens with one attached hydrogen (secondary N) is 1. The minimum Gasteiger partial charge on any atom is -0.334 e. The van der Waals surface area contributed by atoms with Crippen molar-refractivity contribution >= 4 is 0 Å². The normalized spacial score (nSPS) is 18.2. The van der Waals surface area contributed by atoms with E-state index in [0.29, 0.717) is 5.92 Å². The topological polar surface area (TPSA) is 29.9 Å². The van der Waals surface area contributed by atoms with Crippen molar-refractivity contribution in [3.63, 3.8) is 0 Å². The van der Waals surface area contributed by atoms with Crippen molar-refractivity contribution in [1.29, 1.82) is 0 Å². The van der Waals surface area contributed by atoms with Gasteiger partial charge in [-0.1, -0.05) is 13.8 Å². The maximum atomic E-state index is 4.29. The van der Waals surface area contributed by atoms with Gasteiger partial charge in [0.25, 0.3) is 0 Å². The second kappa shape index (κ2) is 5.48. The highest BCUT2D eigenvalue weighted by Crippen LogP contribution is 2.18. The lowest BCUT2D eigenvalue weighted by atomic mass is 9.93. The van der Waals surface area contributed by atoms with E-state index in [4.69, 9.17) is 0 Å². The van der Waals surface area contributed by atoms with Crippen LogP contribution in [0, 0.1) is 11.8 Å². The zero-order valence-corrected chi connectivity index (χ0v) is 10.4. The molecule has 90 valence electrons. The second-order valence-corrected chi connectivity index (χ2v) is 5.33. The Balaban J connectivity index is 1.94. The third-order valence-corrected chi connectivity index (χ3v) is 3.32. The van der Waals surface area contributed by atoms with Gasteiger partial charge in [-0.25, -0.2) is 4.98 Å². The SMILES string of the molecule is CC(C)Cn1cncc1CC1CCNCC1. The molecule has 1 aliphatic heterocycles. The number of hydrogen-bond acceptors (Lipinski definition) is 2. The van der Waals surface area contributed by atoms with Crippen molar-refractivity contribution in [2.45, 2.75) is 39.7 Å². The highest BCUT2D eigenvalue weighted by Gasteiger charge is 2.15. The molecule has 1 saturated heterocycles. The van der Waals surface area contributed by atoms with Gasteiger partial charge >= 0.3 is 0 Å². The number of nitrogens with zero attached hydrogens (tertiary/aromatic N) is 2. The van der Waals surface area contributed by atoms with Crippen LogP contribution in [-0.2, 0) is 13.0 Å². The molecule has 0 aromatic carbocycles. The molecule has 0 unspecified atom stereocenters. The smallest absolute Gasteiger partial charge is 0.0948 e. The van der Waals surface area contributed by atoms with Crippen LogP contribution in [0.2, 0.25) is 0 Å². The minimum atomic E-state index is 0.695. The first-order chi connectivity index (χ1) is 7.75. The Morgan fingerprint density at radius 3 is 2.88 bits per heavy atom. The third-order valence-electron chi connectivity index (χ3n) is 3.32. The van der Waals surface area contributed by atoms with Crippen molar-refractivity contribution < 1.29 is 0 Å². The maximum absolute atomic E-state index is 4.29. The molecule has 0 amide bonds. The first kappa shape index (κ1) is 11.6. The Hall–Kier alpha value is -0.830. The van der Waals surface area contributed by atoms with Gasteiger partial charge < -0.3 is 9.88 Å². The quantitative estimate of drug-likeness (QED) is 0.843. The summed E-state index contributed by atoms with van der Waals surface area (Å²) in [5.41, 5.74) is 1.42. The van der Waals surface area contributed by atoms with Gasteiger partial charge in [-0.2, -0.15) is 0 Å². The Morgan fingerprint density at radius 2 is 2.19 bits per heavy atom. The van der Waals surface area contributed by atoms with Crippen LogP contribution in [-0.4, -0.2) is 22.6 Å². The van der Waals surface area contributed by atoms with Crippen LogP contribution in [0.1, 0.15) is 32.4 Å². The summed E-state index contributed by atoms with van der Waals surface area (Å²) in [4.78, 5) is 4.29. The predicted molar refractivity (Wildman–Crippen MR) is 66.4 cm³/mol. The van der Waals surface area contributed by atoms with E-state index in [0.717, 1.165) is 12.5 Å². The van der Waals surface area contributed by atoms with Gasteiger partial charge in [-0.05, 0) is 44.2 Å². The molecule has 3 nitrogen and oxygen atoms in total. The molecule has 0 radical (unpaired) electrons. The standard InChI is InChI=1S/C13H23N3/c1-11(2)9-16-10-15-8-13(16)7-12-3-5-14-6-4-12/h8,10-12,14H,3-7,9H2,1-2H3. The molecular formula is C13H23N3. The highest BCUT2D eigenvalue weighted by atomic mass is 15.0. The predicted octanol–water partition coefficient (Wildman–Crippen LogP) is 2.08. The Morgan fingerprint density at radius 1 is 1.44 bits per heavy atom. The van der Waals surface area contributed by atoms with Crippen LogP contribution in [0.4, 0.5) is 0 Å². The van der Waals surface area contributed by atoms with E-state index in [1.165, 1.54) is 38.0 Å². The summed E-state index contributed by atoms with van der Waals surface area (Å²) in [6.07, 6.45) is 7.86. The van der Waals surface area contributed by atoms with Gasteiger partial charge in [0.05, 0.1) is 6.33 Å². The lowest BCUT2D eigenvalue weighted by Crippen LogP contribution is -2.29. The molecule has 0 spiro atoms. The Bertz CT molecular complexity index is 311. The first-order valence-corrected chi connectivity index (χ1v) is 6.45. The molecule has 0 saturated carbocycles. The van der Waals surface area contributed by atoms with Crippen LogP contribution in [0.25, 0.3) is 0 Å². The molecule has 1 fully saturated rings. The van der Waals surface area contributed by atoms with Crippen LogP contribution >= 0.6 is 0 Å². The van der Waals surface area contributed by atoms with E-state index in [1.807, 2.05) is 12.5 Å². The summed E-state index contributed by atoms with van der Waals surface area (Å²) in [5.74, 6) is 1.55. The van der Waals surface area contributed by atoms with E-state index in [1.54, 1.807) is 0 Å². The fourth-order valence-electron chi connectivity index (χ4n) is 2.46. The molecular weight excluding hydrogens is 198 g/mol. The van der Waals surface area contributed by atoms with Gasteiger partial charge in [-0.3, -0.25) is 0 Å². The molecule has 2 heterocycles. The zero-order chi connectivity index (χ0) is 11.4. The van der Waals surface area contributed by atoms with E-state index in [2.05, 4.69) is 28.7 Å². The molecule has 1 aromatic rings. The van der Waals surface area contributed by atoms with Crippen molar-refractivity contribution in [2.24, 2.45) is 11.8 Å². The minimum absolute atomic E-state index is 0.695. The lowest BCUT2D eigenvalue weighted by molar-refractivity contribution is 0.363. The monoisotopic (exact) mass is 221 g/mol.